The summed E-state index contributed by atoms with van der Waals surface area (Å²) in [4.78, 5) is 28.3. The van der Waals surface area contributed by atoms with E-state index in [1.165, 1.54) is 0 Å². The van der Waals surface area contributed by atoms with Crippen LogP contribution < -0.4 is 10.6 Å². The third kappa shape index (κ3) is 7.44. The molecule has 0 unspecified atom stereocenters. The second-order valence-electron chi connectivity index (χ2n) is 7.14. The largest absolute Gasteiger partial charge is 0.465 e. The number of rotatable bonds is 9. The van der Waals surface area contributed by atoms with Gasteiger partial charge in [-0.15, -0.1) is 0 Å². The van der Waals surface area contributed by atoms with Gasteiger partial charge in [-0.1, -0.05) is 72.8 Å². The number of pyridine rings is 1. The first-order valence-electron chi connectivity index (χ1n) is 10.1. The Morgan fingerprint density at radius 1 is 0.839 bits per heavy atom. The molecule has 2 aromatic carbocycles. The van der Waals surface area contributed by atoms with E-state index in [1.807, 2.05) is 84.9 Å². The van der Waals surface area contributed by atoms with Gasteiger partial charge in [-0.05, 0) is 35.2 Å². The Labute approximate surface area is 181 Å². The minimum absolute atomic E-state index is 0.269. The van der Waals surface area contributed by atoms with Gasteiger partial charge >= 0.3 is 6.09 Å². The molecule has 6 heteroatoms. The predicted molar refractivity (Wildman–Crippen MR) is 120 cm³/mol. The van der Waals surface area contributed by atoms with Gasteiger partial charge in [0.2, 0.25) is 5.91 Å². The Morgan fingerprint density at radius 2 is 1.42 bits per heavy atom. The molecule has 158 valence electrons. The van der Waals surface area contributed by atoms with E-state index >= 15 is 0 Å². The number of hydrogen-bond acceptors (Lipinski definition) is 3. The van der Waals surface area contributed by atoms with Gasteiger partial charge in [0.05, 0.1) is 6.04 Å². The molecule has 3 rings (SSSR count). The third-order valence-corrected chi connectivity index (χ3v) is 4.75. The second-order valence-corrected chi connectivity index (χ2v) is 7.14. The first kappa shape index (κ1) is 21.8. The molecule has 3 aromatic rings. The Kier molecular flexibility index (Phi) is 7.94. The topological polar surface area (TPSA) is 91.3 Å². The molecule has 0 bridgehead atoms. The van der Waals surface area contributed by atoms with E-state index in [4.69, 9.17) is 0 Å². The molecule has 31 heavy (non-hydrogen) atoms. The summed E-state index contributed by atoms with van der Waals surface area (Å²) in [6.07, 6.45) is 6.87. The minimum atomic E-state index is -1.23. The quantitative estimate of drug-likeness (QED) is 0.497. The number of aromatic nitrogens is 1. The molecule has 0 aliphatic heterocycles. The van der Waals surface area contributed by atoms with Crippen LogP contribution in [0, 0.1) is 0 Å². The van der Waals surface area contributed by atoms with Gasteiger partial charge in [0.15, 0.2) is 0 Å². The molecule has 1 heterocycles. The zero-order valence-corrected chi connectivity index (χ0v) is 17.0. The van der Waals surface area contributed by atoms with Gasteiger partial charge in [-0.2, -0.15) is 0 Å². The molecule has 3 N–H and O–H groups in total. The highest BCUT2D eigenvalue weighted by Crippen LogP contribution is 2.09. The number of carboxylic acid groups (broad SMARTS) is 1. The lowest BCUT2D eigenvalue weighted by Gasteiger charge is -2.21. The van der Waals surface area contributed by atoms with E-state index in [9.17, 15) is 14.7 Å². The molecule has 2 atom stereocenters. The van der Waals surface area contributed by atoms with Crippen LogP contribution in [-0.2, 0) is 17.6 Å². The highest BCUT2D eigenvalue weighted by atomic mass is 16.4. The van der Waals surface area contributed by atoms with Crippen LogP contribution in [0.4, 0.5) is 4.79 Å². The van der Waals surface area contributed by atoms with Gasteiger partial charge in [0.25, 0.3) is 0 Å². The van der Waals surface area contributed by atoms with Crippen molar-refractivity contribution in [2.75, 3.05) is 0 Å². The molecule has 0 spiro atoms. The van der Waals surface area contributed by atoms with Gasteiger partial charge in [-0.3, -0.25) is 9.78 Å². The predicted octanol–water partition coefficient (Wildman–Crippen LogP) is 3.70. The number of carbonyl (C=O) groups excluding carboxylic acids is 1. The van der Waals surface area contributed by atoms with Gasteiger partial charge < -0.3 is 15.7 Å². The Bertz CT molecular complexity index is 992. The Morgan fingerprint density at radius 3 is 2.00 bits per heavy atom. The summed E-state index contributed by atoms with van der Waals surface area (Å²) >= 11 is 0. The van der Waals surface area contributed by atoms with Crippen molar-refractivity contribution in [1.82, 2.24) is 15.6 Å². The van der Waals surface area contributed by atoms with Crippen LogP contribution in [0.5, 0.6) is 0 Å². The summed E-state index contributed by atoms with van der Waals surface area (Å²) in [5, 5.41) is 14.6. The molecule has 0 radical (unpaired) electrons. The summed E-state index contributed by atoms with van der Waals surface area (Å²) in [6, 6.07) is 21.7. The van der Waals surface area contributed by atoms with Gasteiger partial charge in [0, 0.05) is 18.8 Å². The maximum atomic E-state index is 13.0. The number of nitrogens with one attached hydrogen (secondary N) is 2. The second kappa shape index (κ2) is 11.3. The Hall–Kier alpha value is -3.93. The molecule has 6 nitrogen and oxygen atoms in total. The number of hydrogen-bond donors (Lipinski definition) is 3. The lowest BCUT2D eigenvalue weighted by Crippen LogP contribution is -2.50. The summed E-state index contributed by atoms with van der Waals surface area (Å²) in [6.45, 7) is 0. The standard InChI is InChI=1S/C25H25N3O3/c29-24(23(28-25(30)31)18-21-9-5-2-6-10-21)27-22(17-20-7-3-1-4-8-20)12-11-19-13-15-26-16-14-19/h1-16,22-23,28H,17-18H2,(H,27,29)(H,30,31)/b12-11+/t22-,23+/m1/s1. The minimum Gasteiger partial charge on any atom is -0.465 e. The van der Waals surface area contributed by atoms with Crippen LogP contribution >= 0.6 is 0 Å². The highest BCUT2D eigenvalue weighted by molar-refractivity contribution is 5.86. The summed E-state index contributed by atoms with van der Waals surface area (Å²) in [7, 11) is 0. The molecule has 0 saturated heterocycles. The number of benzene rings is 2. The van der Waals surface area contributed by atoms with Crippen molar-refractivity contribution in [1.29, 1.82) is 0 Å². The van der Waals surface area contributed by atoms with Gasteiger partial charge in [-0.25, -0.2) is 4.79 Å². The van der Waals surface area contributed by atoms with E-state index in [2.05, 4.69) is 15.6 Å². The molecular weight excluding hydrogens is 390 g/mol. The molecule has 0 aliphatic rings. The van der Waals surface area contributed by atoms with Crippen LogP contribution in [0.25, 0.3) is 6.08 Å². The number of amides is 2. The number of nitrogens with zero attached hydrogens (tertiary/aromatic N) is 1. The fourth-order valence-electron chi connectivity index (χ4n) is 3.23. The van der Waals surface area contributed by atoms with Crippen LogP contribution in [0.3, 0.4) is 0 Å². The van der Waals surface area contributed by atoms with Crippen LogP contribution in [0.1, 0.15) is 16.7 Å². The average molecular weight is 415 g/mol. The van der Waals surface area contributed by atoms with Crippen molar-refractivity contribution in [3.05, 3.63) is 108 Å². The molecule has 0 saturated carbocycles. The van der Waals surface area contributed by atoms with E-state index in [1.54, 1.807) is 12.4 Å². The van der Waals surface area contributed by atoms with Crippen molar-refractivity contribution in [3.63, 3.8) is 0 Å². The smallest absolute Gasteiger partial charge is 0.405 e. The molecule has 0 fully saturated rings. The molecule has 0 aliphatic carbocycles. The van der Waals surface area contributed by atoms with Crippen molar-refractivity contribution in [2.45, 2.75) is 24.9 Å². The van der Waals surface area contributed by atoms with Crippen molar-refractivity contribution < 1.29 is 14.7 Å². The highest BCUT2D eigenvalue weighted by Gasteiger charge is 2.23. The third-order valence-electron chi connectivity index (χ3n) is 4.75. The fourth-order valence-corrected chi connectivity index (χ4v) is 3.23. The normalized spacial score (nSPS) is 12.8. The van der Waals surface area contributed by atoms with Crippen molar-refractivity contribution in [2.24, 2.45) is 0 Å². The summed E-state index contributed by atoms with van der Waals surface area (Å²) in [5.41, 5.74) is 2.91. The Balaban J connectivity index is 1.76. The summed E-state index contributed by atoms with van der Waals surface area (Å²) in [5.74, 6) is -0.369. The molecular formula is C25H25N3O3. The first-order chi connectivity index (χ1) is 15.1. The van der Waals surface area contributed by atoms with Crippen LogP contribution in [0.15, 0.2) is 91.3 Å². The zero-order chi connectivity index (χ0) is 21.9. The maximum absolute atomic E-state index is 13.0. The van der Waals surface area contributed by atoms with E-state index in [-0.39, 0.29) is 18.4 Å². The summed E-state index contributed by atoms with van der Waals surface area (Å²) < 4.78 is 0. The maximum Gasteiger partial charge on any atom is 0.405 e. The van der Waals surface area contributed by atoms with Crippen molar-refractivity contribution >= 4 is 18.1 Å². The van der Waals surface area contributed by atoms with Crippen LogP contribution in [0.2, 0.25) is 0 Å². The van der Waals surface area contributed by atoms with E-state index < -0.39 is 12.1 Å². The number of carbonyl (C=O) groups is 2. The molecule has 2 amide bonds. The SMILES string of the molecule is O=C(O)N[C@@H](Cc1ccccc1)C(=O)N[C@H](/C=C/c1ccncc1)Cc1ccccc1. The average Bonchev–Trinajstić information content (AvgIpc) is 2.79. The van der Waals surface area contributed by atoms with Gasteiger partial charge in [0.1, 0.15) is 6.04 Å². The lowest BCUT2D eigenvalue weighted by molar-refractivity contribution is -0.123. The lowest BCUT2D eigenvalue weighted by atomic mass is 10.0. The molecule has 1 aromatic heterocycles. The van der Waals surface area contributed by atoms with Crippen molar-refractivity contribution in [3.8, 4) is 0 Å². The van der Waals surface area contributed by atoms with E-state index in [0.717, 1.165) is 16.7 Å². The zero-order valence-electron chi connectivity index (χ0n) is 17.0. The van der Waals surface area contributed by atoms with E-state index in [0.29, 0.717) is 6.42 Å². The fraction of sp³-hybridized carbons (Fsp3) is 0.160. The first-order valence-corrected chi connectivity index (χ1v) is 10.1. The van der Waals surface area contributed by atoms with Crippen LogP contribution in [-0.4, -0.2) is 34.2 Å². The monoisotopic (exact) mass is 415 g/mol.